The number of thiophene rings is 1. The van der Waals surface area contributed by atoms with Crippen molar-refractivity contribution in [1.29, 1.82) is 0 Å². The number of fused-ring (bicyclic) bond motifs is 3. The second kappa shape index (κ2) is 6.38. The van der Waals surface area contributed by atoms with Crippen molar-refractivity contribution in [2.45, 2.75) is 19.0 Å². The van der Waals surface area contributed by atoms with Crippen LogP contribution >= 0.6 is 23.6 Å². The molecule has 8 heteroatoms. The van der Waals surface area contributed by atoms with Gasteiger partial charge in [-0.15, -0.1) is 11.3 Å². The van der Waals surface area contributed by atoms with Gasteiger partial charge < -0.3 is 10.6 Å². The number of hydrogen-bond donors (Lipinski definition) is 2. The van der Waals surface area contributed by atoms with Gasteiger partial charge in [0.05, 0.1) is 18.5 Å². The van der Waals surface area contributed by atoms with E-state index in [4.69, 9.17) is 12.2 Å². The van der Waals surface area contributed by atoms with Gasteiger partial charge in [0.2, 0.25) is 10.7 Å². The fourth-order valence-corrected chi connectivity index (χ4v) is 3.79. The van der Waals surface area contributed by atoms with Gasteiger partial charge in [-0.25, -0.2) is 9.55 Å². The molecule has 126 valence electrons. The van der Waals surface area contributed by atoms with Crippen molar-refractivity contribution in [1.82, 2.24) is 14.9 Å². The Labute approximate surface area is 152 Å². The average molecular weight is 370 g/mol. The molecule has 0 saturated heterocycles. The van der Waals surface area contributed by atoms with E-state index in [1.54, 1.807) is 11.3 Å². The first-order valence-electron chi connectivity index (χ1n) is 7.75. The summed E-state index contributed by atoms with van der Waals surface area (Å²) in [6, 6.07) is 10.7. The minimum atomic E-state index is -0.641. The molecule has 0 spiro atoms. The van der Waals surface area contributed by atoms with E-state index in [-0.39, 0.29) is 23.0 Å². The number of benzene rings is 1. The molecule has 1 amide bonds. The molecular formula is C17H14N4O2S2. The highest BCUT2D eigenvalue weighted by atomic mass is 32.1. The van der Waals surface area contributed by atoms with Crippen LogP contribution in [0.3, 0.4) is 0 Å². The van der Waals surface area contributed by atoms with Crippen LogP contribution in [0.25, 0.3) is 10.9 Å². The van der Waals surface area contributed by atoms with Crippen LogP contribution in [0.5, 0.6) is 0 Å². The highest BCUT2D eigenvalue weighted by molar-refractivity contribution is 7.71. The van der Waals surface area contributed by atoms with Crippen LogP contribution in [0.1, 0.15) is 16.1 Å². The van der Waals surface area contributed by atoms with E-state index in [0.29, 0.717) is 12.4 Å². The zero-order valence-electron chi connectivity index (χ0n) is 13.1. The Morgan fingerprint density at radius 1 is 1.32 bits per heavy atom. The third-order valence-electron chi connectivity index (χ3n) is 4.05. The maximum absolute atomic E-state index is 12.6. The van der Waals surface area contributed by atoms with Crippen molar-refractivity contribution in [3.63, 3.8) is 0 Å². The molecule has 0 aliphatic carbocycles. The fourth-order valence-electron chi connectivity index (χ4n) is 2.86. The van der Waals surface area contributed by atoms with Gasteiger partial charge in [-0.2, -0.15) is 0 Å². The largest absolute Gasteiger partial charge is 0.358 e. The van der Waals surface area contributed by atoms with Crippen LogP contribution in [0.2, 0.25) is 0 Å². The Bertz CT molecular complexity index is 1030. The molecular weight excluding hydrogens is 356 g/mol. The summed E-state index contributed by atoms with van der Waals surface area (Å²) >= 11 is 6.82. The van der Waals surface area contributed by atoms with Crippen molar-refractivity contribution >= 4 is 52.1 Å². The number of carbonyl (C=O) groups excluding carboxylic acids is 2. The monoisotopic (exact) mass is 370 g/mol. The van der Waals surface area contributed by atoms with Gasteiger partial charge in [-0.3, -0.25) is 9.59 Å². The lowest BCUT2D eigenvalue weighted by Gasteiger charge is -2.09. The van der Waals surface area contributed by atoms with Gasteiger partial charge in [0.1, 0.15) is 11.9 Å². The van der Waals surface area contributed by atoms with E-state index in [0.717, 1.165) is 15.8 Å². The van der Waals surface area contributed by atoms with E-state index < -0.39 is 6.04 Å². The normalized spacial score (nSPS) is 15.8. The van der Waals surface area contributed by atoms with Crippen LogP contribution in [0.15, 0.2) is 41.8 Å². The highest BCUT2D eigenvalue weighted by Gasteiger charge is 2.33. The molecule has 1 aliphatic heterocycles. The van der Waals surface area contributed by atoms with Crippen molar-refractivity contribution in [2.75, 3.05) is 5.32 Å². The Morgan fingerprint density at radius 3 is 2.96 bits per heavy atom. The maximum Gasteiger partial charge on any atom is 0.257 e. The minimum absolute atomic E-state index is 0.0506. The number of amides is 1. The smallest absolute Gasteiger partial charge is 0.257 e. The van der Waals surface area contributed by atoms with E-state index in [2.05, 4.69) is 15.6 Å². The van der Waals surface area contributed by atoms with Crippen molar-refractivity contribution < 1.29 is 9.59 Å². The van der Waals surface area contributed by atoms with Gasteiger partial charge >= 0.3 is 0 Å². The Hall–Kier alpha value is -2.58. The first kappa shape index (κ1) is 15.9. The van der Waals surface area contributed by atoms with Gasteiger partial charge in [0, 0.05) is 10.3 Å². The van der Waals surface area contributed by atoms with E-state index in [9.17, 15) is 9.59 Å². The van der Waals surface area contributed by atoms with E-state index >= 15 is 0 Å². The van der Waals surface area contributed by atoms with E-state index in [1.807, 2.05) is 41.8 Å². The summed E-state index contributed by atoms with van der Waals surface area (Å²) in [5, 5.41) is 8.75. The van der Waals surface area contributed by atoms with Crippen molar-refractivity contribution in [2.24, 2.45) is 0 Å². The molecule has 0 bridgehead atoms. The molecule has 1 aromatic carbocycles. The lowest BCUT2D eigenvalue weighted by molar-refractivity contribution is -0.121. The molecule has 2 N–H and O–H groups in total. The van der Waals surface area contributed by atoms with Crippen LogP contribution in [0.4, 0.5) is 5.82 Å². The molecule has 0 radical (unpaired) electrons. The van der Waals surface area contributed by atoms with Crippen LogP contribution in [0, 0.1) is 4.77 Å². The lowest BCUT2D eigenvalue weighted by atomic mass is 10.2. The first-order chi connectivity index (χ1) is 12.1. The number of aromatic nitrogens is 2. The average Bonchev–Trinajstić information content (AvgIpc) is 3.22. The number of rotatable bonds is 4. The molecule has 3 aromatic rings. The summed E-state index contributed by atoms with van der Waals surface area (Å²) in [7, 11) is 0. The van der Waals surface area contributed by atoms with Gasteiger partial charge in [-0.1, -0.05) is 18.2 Å². The number of nitrogens with zero attached hydrogens (tertiary/aromatic N) is 2. The third-order valence-corrected chi connectivity index (χ3v) is 5.20. The standard InChI is InChI=1S/C17H14N4O2S2/c22-14(18-9-10-4-3-7-25-10)8-13-16(23)21-15(19-13)11-5-1-2-6-12(11)20-17(21)24/h1-7,13,19H,8-9H2,(H,18,22)/t13-/m1/s1. The predicted octanol–water partition coefficient (Wildman–Crippen LogP) is 2.97. The predicted molar refractivity (Wildman–Crippen MR) is 99.4 cm³/mol. The second-order valence-corrected chi connectivity index (χ2v) is 7.09. The summed E-state index contributed by atoms with van der Waals surface area (Å²) in [5.74, 6) is 0.178. The number of nitrogens with one attached hydrogen (secondary N) is 2. The Morgan fingerprint density at radius 2 is 2.16 bits per heavy atom. The molecule has 0 fully saturated rings. The minimum Gasteiger partial charge on any atom is -0.358 e. The second-order valence-electron chi connectivity index (χ2n) is 5.69. The van der Waals surface area contributed by atoms with Crippen LogP contribution in [-0.4, -0.2) is 27.4 Å². The molecule has 0 saturated carbocycles. The summed E-state index contributed by atoms with van der Waals surface area (Å²) in [5.41, 5.74) is 0.724. The van der Waals surface area contributed by atoms with Crippen LogP contribution < -0.4 is 10.6 Å². The number of hydrogen-bond acceptors (Lipinski definition) is 6. The summed E-state index contributed by atoms with van der Waals surface area (Å²) < 4.78 is 1.59. The molecule has 1 atom stereocenters. The topological polar surface area (TPSA) is 76.0 Å². The Balaban J connectivity index is 1.54. The summed E-state index contributed by atoms with van der Waals surface area (Å²) in [6.07, 6.45) is 0.0506. The summed E-state index contributed by atoms with van der Waals surface area (Å²) in [4.78, 5) is 30.2. The fraction of sp³-hybridized carbons (Fsp3) is 0.176. The molecule has 25 heavy (non-hydrogen) atoms. The number of carbonyl (C=O) groups is 2. The van der Waals surface area contributed by atoms with Crippen molar-refractivity contribution in [3.05, 3.63) is 51.4 Å². The molecule has 6 nitrogen and oxygen atoms in total. The van der Waals surface area contributed by atoms with Crippen molar-refractivity contribution in [3.8, 4) is 0 Å². The maximum atomic E-state index is 12.6. The highest BCUT2D eigenvalue weighted by Crippen LogP contribution is 2.28. The SMILES string of the molecule is O=C(C[C@H]1Nc2c3ccccc3nc(=S)n2C1=O)NCc1cccs1. The van der Waals surface area contributed by atoms with Gasteiger partial charge in [-0.05, 0) is 35.8 Å². The Kier molecular flexibility index (Phi) is 4.06. The molecule has 1 aliphatic rings. The molecule has 2 aromatic heterocycles. The quantitative estimate of drug-likeness (QED) is 0.691. The zero-order chi connectivity index (χ0) is 17.4. The molecule has 3 heterocycles. The molecule has 4 rings (SSSR count). The summed E-state index contributed by atoms with van der Waals surface area (Å²) in [6.45, 7) is 0.467. The molecule has 0 unspecified atom stereocenters. The first-order valence-corrected chi connectivity index (χ1v) is 9.04. The zero-order valence-corrected chi connectivity index (χ0v) is 14.7. The van der Waals surface area contributed by atoms with Gasteiger partial charge in [0.25, 0.3) is 5.91 Å². The number of para-hydroxylation sites is 1. The number of anilines is 1. The van der Waals surface area contributed by atoms with E-state index in [1.165, 1.54) is 4.57 Å². The third kappa shape index (κ3) is 2.94. The lowest BCUT2D eigenvalue weighted by Crippen LogP contribution is -2.33. The van der Waals surface area contributed by atoms with Crippen LogP contribution in [-0.2, 0) is 11.3 Å². The van der Waals surface area contributed by atoms with Gasteiger partial charge in [0.15, 0.2) is 0 Å².